The fourth-order valence-corrected chi connectivity index (χ4v) is 8.14. The van der Waals surface area contributed by atoms with Crippen LogP contribution in [0.4, 0.5) is 0 Å². The number of fused-ring (bicyclic) bond motifs is 3. The lowest BCUT2D eigenvalue weighted by Crippen LogP contribution is -2.59. The molecule has 3 rings (SSSR count). The molecule has 0 aromatic heterocycles. The largest absolute Gasteiger partial charge is 0.394 e. The fraction of sp³-hybridized carbons (Fsp3) is 0.769. The first-order chi connectivity index (χ1) is 28.2. The van der Waals surface area contributed by atoms with Crippen molar-refractivity contribution < 1.29 is 43.5 Å². The number of amides is 8. The van der Waals surface area contributed by atoms with Crippen molar-refractivity contribution in [2.24, 2.45) is 45.9 Å². The number of carbonyl (C=O) groups excluding carboxylic acids is 8. The number of primary amides is 1. The summed E-state index contributed by atoms with van der Waals surface area (Å²) >= 11 is 1.41. The van der Waals surface area contributed by atoms with Crippen LogP contribution in [-0.2, 0) is 38.4 Å². The van der Waals surface area contributed by atoms with Gasteiger partial charge in [-0.25, -0.2) is 0 Å². The number of hydrogen-bond acceptors (Lipinski definition) is 11. The predicted molar refractivity (Wildman–Crippen MR) is 227 cm³/mol. The van der Waals surface area contributed by atoms with Gasteiger partial charge in [0.05, 0.1) is 6.61 Å². The van der Waals surface area contributed by atoms with Crippen LogP contribution in [-0.4, -0.2) is 126 Å². The first kappa shape index (κ1) is 51.5. The molecule has 0 aliphatic heterocycles. The van der Waals surface area contributed by atoms with E-state index in [4.69, 9.17) is 17.2 Å². The molecule has 2 bridgehead atoms. The molecule has 0 heterocycles. The number of aliphatic imine (C=N–C) groups is 1. The minimum Gasteiger partial charge on any atom is -0.394 e. The summed E-state index contributed by atoms with van der Waals surface area (Å²) in [6, 6.07) is -8.03. The van der Waals surface area contributed by atoms with E-state index in [2.05, 4.69) is 42.2 Å². The molecule has 60 heavy (non-hydrogen) atoms. The first-order valence-electron chi connectivity index (χ1n) is 20.8. The molecule has 3 fully saturated rings. The lowest BCUT2D eigenvalue weighted by Gasteiger charge is -2.43. The van der Waals surface area contributed by atoms with Crippen molar-refractivity contribution >= 4 is 65.0 Å². The summed E-state index contributed by atoms with van der Waals surface area (Å²) in [5, 5.41) is 27.9. The average molecular weight is 868 g/mol. The number of nitrogens with two attached hydrogens (primary N) is 3. The molecule has 0 spiro atoms. The third kappa shape index (κ3) is 17.9. The highest BCUT2D eigenvalue weighted by molar-refractivity contribution is 7.98. The smallest absolute Gasteiger partial charge is 0.245 e. The molecule has 8 amide bonds. The lowest BCUT2D eigenvalue weighted by molar-refractivity contribution is -0.135. The van der Waals surface area contributed by atoms with Gasteiger partial charge in [0.15, 0.2) is 5.96 Å². The van der Waals surface area contributed by atoms with E-state index in [0.717, 1.165) is 19.3 Å². The Morgan fingerprint density at radius 3 is 1.63 bits per heavy atom. The van der Waals surface area contributed by atoms with Gasteiger partial charge >= 0.3 is 0 Å². The van der Waals surface area contributed by atoms with E-state index in [1.165, 1.54) is 45.4 Å². The van der Waals surface area contributed by atoms with Crippen LogP contribution in [0.25, 0.3) is 0 Å². The molecule has 0 radical (unpaired) electrons. The van der Waals surface area contributed by atoms with E-state index < -0.39 is 90.3 Å². The van der Waals surface area contributed by atoms with Crippen molar-refractivity contribution in [3.63, 3.8) is 0 Å². The minimum absolute atomic E-state index is 0.0113. The van der Waals surface area contributed by atoms with Crippen molar-refractivity contribution in [3.8, 4) is 0 Å². The Kier molecular flexibility index (Phi) is 22.2. The molecule has 0 aromatic rings. The van der Waals surface area contributed by atoms with Crippen LogP contribution in [0.15, 0.2) is 4.99 Å². The zero-order valence-electron chi connectivity index (χ0n) is 35.8. The van der Waals surface area contributed by atoms with E-state index in [-0.39, 0.29) is 49.5 Å². The maximum absolute atomic E-state index is 13.7. The van der Waals surface area contributed by atoms with Gasteiger partial charge in [-0.3, -0.25) is 43.3 Å². The number of carbonyl (C=O) groups is 8. The third-order valence-electron chi connectivity index (χ3n) is 10.9. The number of rotatable bonds is 26. The Hall–Kier alpha value is -4.66. The summed E-state index contributed by atoms with van der Waals surface area (Å²) in [7, 11) is 0. The average Bonchev–Trinajstić information content (AvgIpc) is 3.18. The molecule has 3 aliphatic rings. The highest BCUT2D eigenvalue weighted by Crippen LogP contribution is 2.46. The second kappa shape index (κ2) is 25.8. The molecule has 3 saturated carbocycles. The van der Waals surface area contributed by atoms with Gasteiger partial charge in [-0.05, 0) is 101 Å². The van der Waals surface area contributed by atoms with Crippen LogP contribution in [0.3, 0.4) is 0 Å². The fourth-order valence-electron chi connectivity index (χ4n) is 7.67. The van der Waals surface area contributed by atoms with Crippen LogP contribution in [0.1, 0.15) is 98.8 Å². The summed E-state index contributed by atoms with van der Waals surface area (Å²) in [6.45, 7) is 7.11. The number of hydrogen-bond donors (Lipinski definition) is 11. The molecule has 0 saturated heterocycles. The van der Waals surface area contributed by atoms with Crippen molar-refractivity contribution in [3.05, 3.63) is 0 Å². The van der Waals surface area contributed by atoms with Gasteiger partial charge in [0.2, 0.25) is 47.3 Å². The number of nitrogens with zero attached hydrogens (tertiary/aromatic N) is 1. The summed E-state index contributed by atoms with van der Waals surface area (Å²) in [6.07, 6.45) is 8.57. The molecular formula is C39H69N11O9S. The van der Waals surface area contributed by atoms with Crippen LogP contribution in [0, 0.1) is 23.7 Å². The maximum Gasteiger partial charge on any atom is 0.245 e. The summed E-state index contributed by atoms with van der Waals surface area (Å²) in [5.41, 5.74) is 16.3. The molecule has 20 nitrogen and oxygen atoms in total. The van der Waals surface area contributed by atoms with Crippen molar-refractivity contribution in [2.75, 3.05) is 25.2 Å². The van der Waals surface area contributed by atoms with Crippen LogP contribution >= 0.6 is 11.8 Å². The van der Waals surface area contributed by atoms with Gasteiger partial charge < -0.3 is 59.5 Å². The van der Waals surface area contributed by atoms with Crippen molar-refractivity contribution in [1.29, 1.82) is 0 Å². The summed E-state index contributed by atoms with van der Waals surface area (Å²) in [4.78, 5) is 108. The highest BCUT2D eigenvalue weighted by Gasteiger charge is 2.39. The quantitative estimate of drug-likeness (QED) is 0.0255. The number of aliphatic hydroxyl groups is 1. The second-order valence-electron chi connectivity index (χ2n) is 16.4. The Balaban J connectivity index is 2.11. The Bertz CT molecular complexity index is 1520. The predicted octanol–water partition coefficient (Wildman–Crippen LogP) is -2.01. The van der Waals surface area contributed by atoms with Crippen LogP contribution < -0.4 is 54.4 Å². The van der Waals surface area contributed by atoms with E-state index in [9.17, 15) is 43.5 Å². The molecule has 14 N–H and O–H groups in total. The van der Waals surface area contributed by atoms with E-state index in [1.807, 2.05) is 13.8 Å². The van der Waals surface area contributed by atoms with Crippen LogP contribution in [0.5, 0.6) is 0 Å². The van der Waals surface area contributed by atoms with E-state index in [0.29, 0.717) is 30.4 Å². The Morgan fingerprint density at radius 2 is 1.17 bits per heavy atom. The Labute approximate surface area is 357 Å². The van der Waals surface area contributed by atoms with E-state index >= 15 is 0 Å². The monoisotopic (exact) mass is 868 g/mol. The number of nitrogens with one attached hydrogen (secondary N) is 7. The van der Waals surface area contributed by atoms with Gasteiger partial charge in [-0.1, -0.05) is 26.7 Å². The Morgan fingerprint density at radius 1 is 0.667 bits per heavy atom. The number of guanidine groups is 1. The second-order valence-corrected chi connectivity index (χ2v) is 17.4. The highest BCUT2D eigenvalue weighted by atomic mass is 32.2. The zero-order valence-corrected chi connectivity index (χ0v) is 36.7. The maximum atomic E-state index is 13.7. The molecular weight excluding hydrogens is 799 g/mol. The number of aliphatic hydroxyl groups excluding tert-OH is 1. The standard InChI is InChI=1S/C39H69N11O9S/c1-20(2)16-29(32(40)53)49-38(59)31(19-51)50-34(55)22(4)45-36(57)28(13-15-60-6)47-33(54)21(3)44-35(56)27(8-7-14-43-39(41)42)48-37(58)30(46-23(5)52)18-26-17-24-9-11-25(26)12-10-24/h20-22,24-31,51H,7-19H2,1-6H3,(H2,40,53)(H,44,56)(H,45,57)(H,46,52)(H,47,54)(H,48,58)(H,49,59)(H,50,55)(H4,41,42,43)/t21-,22-,24?,25?,26?,27-,28-,29-,30-,31-/m0/s1. The van der Waals surface area contributed by atoms with Crippen LogP contribution in [0.2, 0.25) is 0 Å². The SMILES string of the molecule is CSCC[C@H](NC(=O)[C@H](C)NC(=O)[C@H](CCCN=C(N)N)NC(=O)[C@H](CC1CC2CCC1CC2)NC(C)=O)C(=O)N[C@@H](C)C(=O)N[C@@H](CO)C(=O)N[C@@H](CC(C)C)C(N)=O. The normalized spacial score (nSPS) is 20.4. The topological polar surface area (TPSA) is 331 Å². The zero-order chi connectivity index (χ0) is 45.1. The van der Waals surface area contributed by atoms with Gasteiger partial charge in [-0.2, -0.15) is 11.8 Å². The summed E-state index contributed by atoms with van der Waals surface area (Å²) in [5.74, 6) is -3.80. The molecule has 340 valence electrons. The van der Waals surface area contributed by atoms with Crippen molar-refractivity contribution in [2.45, 2.75) is 141 Å². The molecule has 1 unspecified atom stereocenters. The van der Waals surface area contributed by atoms with Crippen molar-refractivity contribution in [1.82, 2.24) is 37.2 Å². The van der Waals surface area contributed by atoms with Gasteiger partial charge in [-0.15, -0.1) is 0 Å². The first-order valence-corrected chi connectivity index (χ1v) is 22.2. The lowest BCUT2D eigenvalue weighted by atomic mass is 9.63. The van der Waals surface area contributed by atoms with E-state index in [1.54, 1.807) is 6.26 Å². The van der Waals surface area contributed by atoms with Gasteiger partial charge in [0.25, 0.3) is 0 Å². The number of thioether (sulfide) groups is 1. The van der Waals surface area contributed by atoms with Gasteiger partial charge in [0, 0.05) is 13.5 Å². The molecule has 0 aromatic carbocycles. The van der Waals surface area contributed by atoms with Gasteiger partial charge in [0.1, 0.15) is 42.3 Å². The molecule has 21 heteroatoms. The minimum atomic E-state index is -1.45. The third-order valence-corrected chi connectivity index (χ3v) is 11.6. The molecule has 3 aliphatic carbocycles. The summed E-state index contributed by atoms with van der Waals surface area (Å²) < 4.78 is 0. The molecule has 8 atom stereocenters.